The molecule has 3 nitrogen and oxygen atoms in total. The molecule has 0 spiro atoms. The van der Waals surface area contributed by atoms with Gasteiger partial charge in [0.1, 0.15) is 0 Å². The molecule has 0 unspecified atom stereocenters. The highest BCUT2D eigenvalue weighted by molar-refractivity contribution is 5.90. The van der Waals surface area contributed by atoms with Crippen LogP contribution in [-0.2, 0) is 4.79 Å². The van der Waals surface area contributed by atoms with Crippen LogP contribution in [0.2, 0.25) is 0 Å². The van der Waals surface area contributed by atoms with Gasteiger partial charge in [-0.3, -0.25) is 4.79 Å². The van der Waals surface area contributed by atoms with Crippen LogP contribution >= 0.6 is 0 Å². The highest BCUT2D eigenvalue weighted by Crippen LogP contribution is 2.27. The van der Waals surface area contributed by atoms with Gasteiger partial charge in [0.05, 0.1) is 5.69 Å². The fraction of sp³-hybridized carbons (Fsp3) is 0.571. The van der Waals surface area contributed by atoms with Crippen molar-refractivity contribution in [3.05, 3.63) is 24.5 Å². The van der Waals surface area contributed by atoms with Crippen molar-refractivity contribution in [1.82, 2.24) is 0 Å². The molecular formula is C14H21N2O+. The topological polar surface area (TPSA) is 43.2 Å². The first-order valence-corrected chi connectivity index (χ1v) is 6.60. The molecule has 17 heavy (non-hydrogen) atoms. The Balaban J connectivity index is 1.70. The number of hydrogen-bond donors (Lipinski definition) is 1. The Kier molecular flexibility index (Phi) is 4.54. The standard InChI is InChI=1S/C14H20N2O/c17-14(16-13-8-10-15-11-9-13)7-6-12-4-2-1-3-5-12/h8-12H,1-7H2,(H,15,16,17)/p+1. The van der Waals surface area contributed by atoms with Crippen LogP contribution < -0.4 is 10.3 Å². The maximum atomic E-state index is 11.7. The molecule has 0 atom stereocenters. The second-order valence-corrected chi connectivity index (χ2v) is 4.88. The van der Waals surface area contributed by atoms with Crippen LogP contribution in [0.3, 0.4) is 0 Å². The van der Waals surface area contributed by atoms with Gasteiger partial charge in [0.2, 0.25) is 5.91 Å². The van der Waals surface area contributed by atoms with Gasteiger partial charge < -0.3 is 5.32 Å². The molecule has 1 aliphatic rings. The van der Waals surface area contributed by atoms with Gasteiger partial charge in [-0.1, -0.05) is 32.1 Å². The molecule has 1 aromatic heterocycles. The second kappa shape index (κ2) is 6.38. The average molecular weight is 233 g/mol. The first-order valence-electron chi connectivity index (χ1n) is 6.60. The molecule has 0 aromatic carbocycles. The first kappa shape index (κ1) is 12.1. The Morgan fingerprint density at radius 3 is 2.65 bits per heavy atom. The van der Waals surface area contributed by atoms with Gasteiger partial charge in [-0.15, -0.1) is 0 Å². The molecule has 3 heteroatoms. The van der Waals surface area contributed by atoms with Crippen LogP contribution in [-0.4, -0.2) is 5.91 Å². The van der Waals surface area contributed by atoms with Crippen molar-refractivity contribution in [1.29, 1.82) is 0 Å². The monoisotopic (exact) mass is 233 g/mol. The molecule has 0 radical (unpaired) electrons. The van der Waals surface area contributed by atoms with E-state index in [9.17, 15) is 4.79 Å². The van der Waals surface area contributed by atoms with Crippen LogP contribution in [0.5, 0.6) is 0 Å². The van der Waals surface area contributed by atoms with E-state index in [4.69, 9.17) is 0 Å². The van der Waals surface area contributed by atoms with E-state index >= 15 is 0 Å². The predicted octanol–water partition coefficient (Wildman–Crippen LogP) is 2.80. The number of H-pyrrole nitrogens is 1. The van der Waals surface area contributed by atoms with Crippen molar-refractivity contribution in [2.75, 3.05) is 5.32 Å². The molecule has 0 bridgehead atoms. The van der Waals surface area contributed by atoms with Crippen LogP contribution in [0.15, 0.2) is 24.5 Å². The van der Waals surface area contributed by atoms with E-state index in [0.29, 0.717) is 6.42 Å². The highest BCUT2D eigenvalue weighted by atomic mass is 16.1. The van der Waals surface area contributed by atoms with Crippen LogP contribution in [0, 0.1) is 5.92 Å². The number of carbonyl (C=O) groups excluding carboxylic acids is 1. The Morgan fingerprint density at radius 1 is 1.24 bits per heavy atom. The van der Waals surface area contributed by atoms with Gasteiger partial charge in [-0.05, 0) is 12.3 Å². The third-order valence-corrected chi connectivity index (χ3v) is 3.51. The SMILES string of the molecule is O=C(CCC1CCCCC1)Nc1cc[nH+]cc1. The Hall–Kier alpha value is -1.38. The highest BCUT2D eigenvalue weighted by Gasteiger charge is 2.14. The number of hydrogen-bond acceptors (Lipinski definition) is 1. The van der Waals surface area contributed by atoms with Gasteiger partial charge in [0.15, 0.2) is 12.4 Å². The lowest BCUT2D eigenvalue weighted by Crippen LogP contribution is -2.15. The minimum atomic E-state index is 0.141. The zero-order valence-electron chi connectivity index (χ0n) is 10.2. The van der Waals surface area contributed by atoms with Crippen molar-refractivity contribution in [2.45, 2.75) is 44.9 Å². The summed E-state index contributed by atoms with van der Waals surface area (Å²) in [5, 5.41) is 2.92. The molecule has 2 rings (SSSR count). The molecule has 92 valence electrons. The van der Waals surface area contributed by atoms with Crippen molar-refractivity contribution >= 4 is 11.6 Å². The van der Waals surface area contributed by atoms with E-state index < -0.39 is 0 Å². The van der Waals surface area contributed by atoms with Crippen LogP contribution in [0.4, 0.5) is 5.69 Å². The lowest BCUT2D eigenvalue weighted by molar-refractivity contribution is -0.377. The summed E-state index contributed by atoms with van der Waals surface area (Å²) >= 11 is 0. The maximum absolute atomic E-state index is 11.7. The summed E-state index contributed by atoms with van der Waals surface area (Å²) in [6, 6.07) is 3.75. The first-order chi connectivity index (χ1) is 8.34. The molecular weight excluding hydrogens is 212 g/mol. The van der Waals surface area contributed by atoms with Crippen molar-refractivity contribution in [3.8, 4) is 0 Å². The fourth-order valence-corrected chi connectivity index (χ4v) is 2.50. The van der Waals surface area contributed by atoms with Crippen molar-refractivity contribution in [3.63, 3.8) is 0 Å². The van der Waals surface area contributed by atoms with Gasteiger partial charge in [-0.25, -0.2) is 4.98 Å². The Morgan fingerprint density at radius 2 is 1.94 bits per heavy atom. The molecule has 0 saturated heterocycles. The van der Waals surface area contributed by atoms with Gasteiger partial charge in [-0.2, -0.15) is 0 Å². The number of aromatic nitrogens is 1. The molecule has 1 heterocycles. The fourth-order valence-electron chi connectivity index (χ4n) is 2.50. The number of anilines is 1. The minimum Gasteiger partial charge on any atom is -0.326 e. The number of aromatic amines is 1. The molecule has 2 N–H and O–H groups in total. The number of rotatable bonds is 4. The van der Waals surface area contributed by atoms with E-state index in [-0.39, 0.29) is 5.91 Å². The number of nitrogens with one attached hydrogen (secondary N) is 2. The van der Waals surface area contributed by atoms with Crippen molar-refractivity contribution in [2.24, 2.45) is 5.92 Å². The smallest absolute Gasteiger partial charge is 0.224 e. The van der Waals surface area contributed by atoms with E-state index in [0.717, 1.165) is 18.0 Å². The maximum Gasteiger partial charge on any atom is 0.224 e. The van der Waals surface area contributed by atoms with E-state index in [1.54, 1.807) is 0 Å². The van der Waals surface area contributed by atoms with Crippen LogP contribution in [0.25, 0.3) is 0 Å². The number of carbonyl (C=O) groups is 1. The molecule has 0 aliphatic heterocycles. The lowest BCUT2D eigenvalue weighted by atomic mass is 9.86. The summed E-state index contributed by atoms with van der Waals surface area (Å²) in [7, 11) is 0. The molecule has 1 aromatic rings. The zero-order valence-corrected chi connectivity index (χ0v) is 10.2. The van der Waals surface area contributed by atoms with E-state index in [2.05, 4.69) is 10.3 Å². The second-order valence-electron chi connectivity index (χ2n) is 4.88. The molecule has 1 saturated carbocycles. The lowest BCUT2D eigenvalue weighted by Gasteiger charge is -2.20. The van der Waals surface area contributed by atoms with Crippen LogP contribution in [0.1, 0.15) is 44.9 Å². The summed E-state index contributed by atoms with van der Waals surface area (Å²) in [6.45, 7) is 0. The summed E-state index contributed by atoms with van der Waals surface area (Å²) in [4.78, 5) is 14.7. The molecule has 1 fully saturated rings. The summed E-state index contributed by atoms with van der Waals surface area (Å²) in [6.07, 6.45) is 12.0. The van der Waals surface area contributed by atoms with Crippen molar-refractivity contribution < 1.29 is 9.78 Å². The van der Waals surface area contributed by atoms with E-state index in [1.165, 1.54) is 32.1 Å². The molecule has 1 amide bonds. The minimum absolute atomic E-state index is 0.141. The average Bonchev–Trinajstić information content (AvgIpc) is 2.39. The summed E-state index contributed by atoms with van der Waals surface area (Å²) in [5.74, 6) is 0.917. The summed E-state index contributed by atoms with van der Waals surface area (Å²) < 4.78 is 0. The van der Waals surface area contributed by atoms with Gasteiger partial charge >= 0.3 is 0 Å². The number of pyridine rings is 1. The van der Waals surface area contributed by atoms with E-state index in [1.807, 2.05) is 24.5 Å². The third-order valence-electron chi connectivity index (χ3n) is 3.51. The number of amides is 1. The largest absolute Gasteiger partial charge is 0.326 e. The molecule has 1 aliphatic carbocycles. The van der Waals surface area contributed by atoms with Gasteiger partial charge in [0, 0.05) is 18.6 Å². The Labute approximate surface area is 103 Å². The quantitative estimate of drug-likeness (QED) is 0.853. The van der Waals surface area contributed by atoms with Gasteiger partial charge in [0.25, 0.3) is 0 Å². The normalized spacial score (nSPS) is 16.7. The third kappa shape index (κ3) is 4.17. The summed E-state index contributed by atoms with van der Waals surface area (Å²) in [5.41, 5.74) is 0.873. The Bertz CT molecular complexity index is 344. The predicted molar refractivity (Wildman–Crippen MR) is 67.4 cm³/mol. The zero-order chi connectivity index (χ0) is 11.9.